The molecule has 0 unspecified atom stereocenters. The standard InChI is InChI=1S/C26H21F4N7O2/c1-14-31-8-7-23(33-14)34-25-21(38-2)11-32-26(35-25)24-16-5-3-4-6-20(16)37(36-24)12-17-18(27)9-15(10-19(17)28)39-13-22(29)30/h3-11,22H,12-13H2,1-2H3,(H,31,32,33,34,35). The first-order valence-corrected chi connectivity index (χ1v) is 11.6. The number of nitrogens with zero attached hydrogens (tertiary/aromatic N) is 6. The molecule has 3 aromatic heterocycles. The molecule has 0 spiro atoms. The lowest BCUT2D eigenvalue weighted by Crippen LogP contribution is -2.10. The molecule has 5 aromatic rings. The van der Waals surface area contributed by atoms with Gasteiger partial charge in [-0.15, -0.1) is 0 Å². The Kier molecular flexibility index (Phi) is 7.21. The van der Waals surface area contributed by atoms with Gasteiger partial charge in [-0.3, -0.25) is 4.68 Å². The Labute approximate surface area is 219 Å². The highest BCUT2D eigenvalue weighted by molar-refractivity contribution is 5.92. The molecule has 1 N–H and O–H groups in total. The lowest BCUT2D eigenvalue weighted by atomic mass is 10.1. The summed E-state index contributed by atoms with van der Waals surface area (Å²) in [5.41, 5.74) is 0.633. The highest BCUT2D eigenvalue weighted by Gasteiger charge is 2.20. The molecule has 13 heteroatoms. The second-order valence-electron chi connectivity index (χ2n) is 8.32. The van der Waals surface area contributed by atoms with E-state index in [1.165, 1.54) is 18.0 Å². The number of rotatable bonds is 9. The van der Waals surface area contributed by atoms with Gasteiger partial charge >= 0.3 is 0 Å². The third kappa shape index (κ3) is 5.56. The number of alkyl halides is 2. The summed E-state index contributed by atoms with van der Waals surface area (Å²) in [5, 5.41) is 8.30. The van der Waals surface area contributed by atoms with Crippen LogP contribution in [0.15, 0.2) is 54.9 Å². The van der Waals surface area contributed by atoms with Gasteiger partial charge in [0.05, 0.1) is 25.4 Å². The van der Waals surface area contributed by atoms with Crippen molar-refractivity contribution in [3.05, 3.63) is 77.9 Å². The highest BCUT2D eigenvalue weighted by atomic mass is 19.3. The van der Waals surface area contributed by atoms with Crippen LogP contribution in [0.25, 0.3) is 22.4 Å². The summed E-state index contributed by atoms with van der Waals surface area (Å²) in [5.74, 6) is -0.256. The first kappa shape index (κ1) is 25.8. The van der Waals surface area contributed by atoms with Gasteiger partial charge in [-0.1, -0.05) is 18.2 Å². The lowest BCUT2D eigenvalue weighted by Gasteiger charge is -2.11. The monoisotopic (exact) mass is 539 g/mol. The number of fused-ring (bicyclic) bond motifs is 1. The highest BCUT2D eigenvalue weighted by Crippen LogP contribution is 2.31. The van der Waals surface area contributed by atoms with E-state index in [9.17, 15) is 17.6 Å². The molecular formula is C26H21F4N7O2. The van der Waals surface area contributed by atoms with E-state index in [2.05, 4.69) is 30.4 Å². The Balaban J connectivity index is 1.52. The van der Waals surface area contributed by atoms with E-state index >= 15 is 0 Å². The van der Waals surface area contributed by atoms with Gasteiger partial charge in [0, 0.05) is 29.3 Å². The van der Waals surface area contributed by atoms with Gasteiger partial charge in [-0.05, 0) is 19.1 Å². The summed E-state index contributed by atoms with van der Waals surface area (Å²) >= 11 is 0. The largest absolute Gasteiger partial charge is 0.491 e. The minimum absolute atomic E-state index is 0.232. The molecule has 39 heavy (non-hydrogen) atoms. The minimum atomic E-state index is -2.77. The molecule has 0 aliphatic rings. The van der Waals surface area contributed by atoms with E-state index in [0.29, 0.717) is 39.8 Å². The van der Waals surface area contributed by atoms with E-state index in [1.807, 2.05) is 0 Å². The molecule has 5 rings (SSSR count). The van der Waals surface area contributed by atoms with Crippen molar-refractivity contribution < 1.29 is 27.0 Å². The number of nitrogens with one attached hydrogen (secondary N) is 1. The van der Waals surface area contributed by atoms with Crippen LogP contribution < -0.4 is 14.8 Å². The molecule has 9 nitrogen and oxygen atoms in total. The Morgan fingerprint density at radius 2 is 1.79 bits per heavy atom. The van der Waals surface area contributed by atoms with Crippen LogP contribution in [-0.4, -0.2) is 49.9 Å². The number of aromatic nitrogens is 6. The fraction of sp³-hybridized carbons (Fsp3) is 0.192. The van der Waals surface area contributed by atoms with Crippen LogP contribution >= 0.6 is 0 Å². The van der Waals surface area contributed by atoms with Gasteiger partial charge in [-0.2, -0.15) is 5.10 Å². The van der Waals surface area contributed by atoms with Gasteiger partial charge in [0.2, 0.25) is 0 Å². The predicted octanol–water partition coefficient (Wildman–Crippen LogP) is 5.31. The van der Waals surface area contributed by atoms with Crippen molar-refractivity contribution in [2.45, 2.75) is 19.9 Å². The van der Waals surface area contributed by atoms with E-state index in [4.69, 9.17) is 9.47 Å². The topological polar surface area (TPSA) is 99.9 Å². The number of anilines is 2. The number of ether oxygens (including phenoxy) is 2. The third-order valence-electron chi connectivity index (χ3n) is 5.67. The fourth-order valence-electron chi connectivity index (χ4n) is 3.91. The molecule has 0 bridgehead atoms. The van der Waals surface area contributed by atoms with Crippen molar-refractivity contribution in [1.29, 1.82) is 0 Å². The number of aryl methyl sites for hydroxylation is 1. The van der Waals surface area contributed by atoms with Crippen molar-refractivity contribution in [2.75, 3.05) is 19.0 Å². The number of benzene rings is 2. The fourth-order valence-corrected chi connectivity index (χ4v) is 3.91. The normalized spacial score (nSPS) is 11.3. The summed E-state index contributed by atoms with van der Waals surface area (Å²) in [6.07, 6.45) is 0.305. The van der Waals surface area contributed by atoms with Gasteiger partial charge in [0.25, 0.3) is 6.43 Å². The Bertz CT molecular complexity index is 1620. The Morgan fingerprint density at radius 3 is 2.51 bits per heavy atom. The third-order valence-corrected chi connectivity index (χ3v) is 5.67. The second-order valence-corrected chi connectivity index (χ2v) is 8.32. The number of hydrogen-bond donors (Lipinski definition) is 1. The van der Waals surface area contributed by atoms with Crippen LogP contribution in [0.3, 0.4) is 0 Å². The van der Waals surface area contributed by atoms with E-state index in [-0.39, 0.29) is 23.7 Å². The molecule has 0 radical (unpaired) electrons. The zero-order valence-electron chi connectivity index (χ0n) is 20.7. The van der Waals surface area contributed by atoms with Gasteiger partial charge in [-0.25, -0.2) is 37.5 Å². The first-order valence-electron chi connectivity index (χ1n) is 11.6. The maximum absolute atomic E-state index is 14.8. The predicted molar refractivity (Wildman–Crippen MR) is 134 cm³/mol. The van der Waals surface area contributed by atoms with E-state index < -0.39 is 24.7 Å². The molecule has 3 heterocycles. The van der Waals surface area contributed by atoms with E-state index in [0.717, 1.165) is 12.1 Å². The maximum atomic E-state index is 14.8. The smallest absolute Gasteiger partial charge is 0.272 e. The Hall–Kier alpha value is -4.81. The molecule has 0 amide bonds. The molecule has 0 saturated carbocycles. The average molecular weight is 539 g/mol. The summed E-state index contributed by atoms with van der Waals surface area (Å²) < 4.78 is 66.0. The molecule has 2 aromatic carbocycles. The molecule has 0 saturated heterocycles. The average Bonchev–Trinajstić information content (AvgIpc) is 3.28. The van der Waals surface area contributed by atoms with Crippen LogP contribution in [0.2, 0.25) is 0 Å². The number of para-hydroxylation sites is 1. The van der Waals surface area contributed by atoms with Crippen LogP contribution in [-0.2, 0) is 6.54 Å². The van der Waals surface area contributed by atoms with Gasteiger partial charge in [0.1, 0.15) is 41.3 Å². The summed E-state index contributed by atoms with van der Waals surface area (Å²) in [6.45, 7) is 0.498. The van der Waals surface area contributed by atoms with Crippen LogP contribution in [0, 0.1) is 18.6 Å². The number of halogens is 4. The summed E-state index contributed by atoms with van der Waals surface area (Å²) in [6, 6.07) is 10.5. The zero-order chi connectivity index (χ0) is 27.5. The molecule has 0 atom stereocenters. The molecule has 0 aliphatic heterocycles. The minimum Gasteiger partial charge on any atom is -0.491 e. The second kappa shape index (κ2) is 10.9. The number of methoxy groups -OCH3 is 1. The van der Waals surface area contributed by atoms with Gasteiger partial charge < -0.3 is 14.8 Å². The summed E-state index contributed by atoms with van der Waals surface area (Å²) in [4.78, 5) is 17.4. The molecule has 200 valence electrons. The SMILES string of the molecule is COc1cnc(-c2nn(Cc3c(F)cc(OCC(F)F)cc3F)c3ccccc23)nc1Nc1ccnc(C)n1. The van der Waals surface area contributed by atoms with Crippen molar-refractivity contribution >= 4 is 22.5 Å². The van der Waals surface area contributed by atoms with Crippen molar-refractivity contribution in [3.63, 3.8) is 0 Å². The van der Waals surface area contributed by atoms with Crippen LogP contribution in [0.5, 0.6) is 11.5 Å². The quantitative estimate of drug-likeness (QED) is 0.252. The lowest BCUT2D eigenvalue weighted by molar-refractivity contribution is 0.0815. The van der Waals surface area contributed by atoms with Crippen molar-refractivity contribution in [2.24, 2.45) is 0 Å². The van der Waals surface area contributed by atoms with Crippen LogP contribution in [0.4, 0.5) is 29.2 Å². The van der Waals surface area contributed by atoms with Gasteiger partial charge in [0.15, 0.2) is 17.4 Å². The van der Waals surface area contributed by atoms with Crippen molar-refractivity contribution in [3.8, 4) is 23.0 Å². The Morgan fingerprint density at radius 1 is 1.03 bits per heavy atom. The maximum Gasteiger partial charge on any atom is 0.272 e. The summed E-state index contributed by atoms with van der Waals surface area (Å²) in [7, 11) is 1.48. The molecule has 0 aliphatic carbocycles. The first-order chi connectivity index (χ1) is 18.8. The van der Waals surface area contributed by atoms with Crippen LogP contribution in [0.1, 0.15) is 11.4 Å². The molecule has 0 fully saturated rings. The van der Waals surface area contributed by atoms with E-state index in [1.54, 1.807) is 43.5 Å². The number of hydrogen-bond acceptors (Lipinski definition) is 8. The molecular weight excluding hydrogens is 518 g/mol. The van der Waals surface area contributed by atoms with Crippen molar-refractivity contribution in [1.82, 2.24) is 29.7 Å². The zero-order valence-corrected chi connectivity index (χ0v) is 20.7.